The summed E-state index contributed by atoms with van der Waals surface area (Å²) in [6.45, 7) is 1.57. The molecule has 0 atom stereocenters. The Bertz CT molecular complexity index is 1300. The topological polar surface area (TPSA) is 68.9 Å². The van der Waals surface area contributed by atoms with Crippen LogP contribution >= 0.6 is 0 Å². The molecule has 0 unspecified atom stereocenters. The number of amides is 1. The summed E-state index contributed by atoms with van der Waals surface area (Å²) >= 11 is 0. The number of nitrogens with zero attached hydrogens (tertiary/aromatic N) is 3. The summed E-state index contributed by atoms with van der Waals surface area (Å²) in [6.07, 6.45) is 3.54. The highest BCUT2D eigenvalue weighted by Gasteiger charge is 2.18. The highest BCUT2D eigenvalue weighted by atomic mass is 19.1. The van der Waals surface area contributed by atoms with Crippen LogP contribution in [0.2, 0.25) is 0 Å². The minimum Gasteiger partial charge on any atom is -0.324 e. The molecule has 0 fully saturated rings. The Hall–Kier alpha value is -4.07. The fourth-order valence-electron chi connectivity index (χ4n) is 3.03. The van der Waals surface area contributed by atoms with Crippen LogP contribution in [0.1, 0.15) is 16.2 Å². The number of nitrogens with one attached hydrogen (secondary N) is 1. The largest absolute Gasteiger partial charge is 0.324 e. The van der Waals surface area contributed by atoms with E-state index in [1.54, 1.807) is 36.0 Å². The standard InChI is InChI=1S/C22H16F2N4O2/c1-14-12-20(29)21(26-28(14)19-7-3-2-6-17(19)24)22(30)25-18-13-15(8-9-16(18)23)27-10-4-5-11-27/h2-13H,1H3,(H,25,30). The average molecular weight is 406 g/mol. The molecule has 0 saturated carbocycles. The molecule has 1 amide bonds. The molecule has 0 aliphatic heterocycles. The van der Waals surface area contributed by atoms with Gasteiger partial charge in [0.05, 0.1) is 5.69 Å². The van der Waals surface area contributed by atoms with Gasteiger partial charge in [-0.3, -0.25) is 9.59 Å². The minimum absolute atomic E-state index is 0.0878. The number of carbonyl (C=O) groups is 1. The normalized spacial score (nSPS) is 10.8. The summed E-state index contributed by atoms with van der Waals surface area (Å²) in [6, 6.07) is 14.9. The lowest BCUT2D eigenvalue weighted by atomic mass is 10.2. The zero-order chi connectivity index (χ0) is 21.3. The van der Waals surface area contributed by atoms with Crippen molar-refractivity contribution in [1.29, 1.82) is 0 Å². The maximum atomic E-state index is 14.3. The zero-order valence-corrected chi connectivity index (χ0v) is 15.8. The number of hydrogen-bond donors (Lipinski definition) is 1. The lowest BCUT2D eigenvalue weighted by molar-refractivity contribution is 0.101. The van der Waals surface area contributed by atoms with Gasteiger partial charge < -0.3 is 9.88 Å². The Kier molecular flexibility index (Phi) is 4.97. The van der Waals surface area contributed by atoms with Gasteiger partial charge in [-0.1, -0.05) is 12.1 Å². The molecule has 4 rings (SSSR count). The molecule has 4 aromatic rings. The van der Waals surface area contributed by atoms with Gasteiger partial charge in [-0.2, -0.15) is 5.10 Å². The molecule has 2 heterocycles. The maximum Gasteiger partial charge on any atom is 0.280 e. The first-order valence-corrected chi connectivity index (χ1v) is 9.04. The second-order valence-electron chi connectivity index (χ2n) is 6.57. The van der Waals surface area contributed by atoms with Gasteiger partial charge in [0.2, 0.25) is 5.43 Å². The minimum atomic E-state index is -0.895. The van der Waals surface area contributed by atoms with Crippen molar-refractivity contribution in [2.24, 2.45) is 0 Å². The third-order valence-electron chi connectivity index (χ3n) is 4.50. The van der Waals surface area contributed by atoms with Gasteiger partial charge in [-0.15, -0.1) is 0 Å². The van der Waals surface area contributed by atoms with Crippen molar-refractivity contribution in [1.82, 2.24) is 14.3 Å². The van der Waals surface area contributed by atoms with E-state index in [-0.39, 0.29) is 11.4 Å². The molecule has 30 heavy (non-hydrogen) atoms. The van der Waals surface area contributed by atoms with E-state index in [9.17, 15) is 18.4 Å². The van der Waals surface area contributed by atoms with E-state index < -0.39 is 28.7 Å². The number of para-hydroxylation sites is 1. The molecular formula is C22H16F2N4O2. The van der Waals surface area contributed by atoms with Crippen molar-refractivity contribution in [2.75, 3.05) is 5.32 Å². The fourth-order valence-corrected chi connectivity index (χ4v) is 3.03. The molecule has 0 radical (unpaired) electrons. The third kappa shape index (κ3) is 3.62. The fraction of sp³-hybridized carbons (Fsp3) is 0.0455. The van der Waals surface area contributed by atoms with Crippen LogP contribution in [0.15, 0.2) is 77.9 Å². The Balaban J connectivity index is 1.71. The monoisotopic (exact) mass is 406 g/mol. The number of hydrogen-bond acceptors (Lipinski definition) is 3. The Morgan fingerprint density at radius 2 is 1.70 bits per heavy atom. The summed E-state index contributed by atoms with van der Waals surface area (Å²) < 4.78 is 31.4. The van der Waals surface area contributed by atoms with E-state index >= 15 is 0 Å². The number of rotatable bonds is 4. The van der Waals surface area contributed by atoms with Gasteiger partial charge >= 0.3 is 0 Å². The molecule has 1 N–H and O–H groups in total. The zero-order valence-electron chi connectivity index (χ0n) is 15.8. The molecule has 0 saturated heterocycles. The predicted molar refractivity (Wildman–Crippen MR) is 108 cm³/mol. The van der Waals surface area contributed by atoms with E-state index in [0.29, 0.717) is 11.4 Å². The van der Waals surface area contributed by atoms with E-state index in [1.165, 1.54) is 36.4 Å². The maximum absolute atomic E-state index is 14.3. The summed E-state index contributed by atoms with van der Waals surface area (Å²) in [5, 5.41) is 6.41. The molecule has 0 aliphatic carbocycles. The van der Waals surface area contributed by atoms with Crippen molar-refractivity contribution >= 4 is 11.6 Å². The van der Waals surface area contributed by atoms with Crippen molar-refractivity contribution in [2.45, 2.75) is 6.92 Å². The van der Waals surface area contributed by atoms with E-state index in [1.807, 2.05) is 12.1 Å². The molecular weight excluding hydrogens is 390 g/mol. The van der Waals surface area contributed by atoms with Crippen molar-refractivity contribution in [3.63, 3.8) is 0 Å². The average Bonchev–Trinajstić information content (AvgIpc) is 3.25. The van der Waals surface area contributed by atoms with Gasteiger partial charge in [-0.25, -0.2) is 13.5 Å². The van der Waals surface area contributed by atoms with Crippen molar-refractivity contribution < 1.29 is 13.6 Å². The number of benzene rings is 2. The van der Waals surface area contributed by atoms with Crippen molar-refractivity contribution in [3.8, 4) is 11.4 Å². The first-order chi connectivity index (χ1) is 14.4. The van der Waals surface area contributed by atoms with Crippen LogP contribution in [0.25, 0.3) is 11.4 Å². The highest BCUT2D eigenvalue weighted by Crippen LogP contribution is 2.20. The number of halogens is 2. The summed E-state index contributed by atoms with van der Waals surface area (Å²) in [7, 11) is 0. The van der Waals surface area contributed by atoms with Crippen molar-refractivity contribution in [3.05, 3.63) is 106 Å². The van der Waals surface area contributed by atoms with Gasteiger partial charge in [0.15, 0.2) is 5.69 Å². The van der Waals surface area contributed by atoms with Crippen LogP contribution < -0.4 is 10.7 Å². The molecule has 8 heteroatoms. The van der Waals surface area contributed by atoms with Crippen LogP contribution in [0.4, 0.5) is 14.5 Å². The molecule has 0 aliphatic rings. The quantitative estimate of drug-likeness (QED) is 0.560. The second kappa shape index (κ2) is 7.75. The molecule has 0 spiro atoms. The third-order valence-corrected chi connectivity index (χ3v) is 4.50. The smallest absolute Gasteiger partial charge is 0.280 e. The molecule has 2 aromatic carbocycles. The van der Waals surface area contributed by atoms with E-state index in [4.69, 9.17) is 0 Å². The SMILES string of the molecule is Cc1cc(=O)c(C(=O)Nc2cc(-n3cccc3)ccc2F)nn1-c1ccccc1F. The first kappa shape index (κ1) is 19.3. The lowest BCUT2D eigenvalue weighted by Gasteiger charge is -2.13. The summed E-state index contributed by atoms with van der Waals surface area (Å²) in [5.41, 5.74) is -0.177. The number of aromatic nitrogens is 3. The first-order valence-electron chi connectivity index (χ1n) is 9.04. The van der Waals surface area contributed by atoms with Crippen LogP contribution in [-0.2, 0) is 0 Å². The Labute approximate surface area is 170 Å². The van der Waals surface area contributed by atoms with Gasteiger partial charge in [0.1, 0.15) is 17.3 Å². The molecule has 2 aromatic heterocycles. The summed E-state index contributed by atoms with van der Waals surface area (Å²) in [5.74, 6) is -2.12. The molecule has 0 bridgehead atoms. The van der Waals surface area contributed by atoms with Gasteiger partial charge in [0.25, 0.3) is 5.91 Å². The van der Waals surface area contributed by atoms with Crippen LogP contribution in [0.5, 0.6) is 0 Å². The van der Waals surface area contributed by atoms with E-state index in [0.717, 1.165) is 4.68 Å². The highest BCUT2D eigenvalue weighted by molar-refractivity contribution is 6.02. The van der Waals surface area contributed by atoms with Crippen LogP contribution in [-0.4, -0.2) is 20.3 Å². The predicted octanol–water partition coefficient (Wildman–Crippen LogP) is 3.86. The number of anilines is 1. The Morgan fingerprint density at radius 1 is 0.967 bits per heavy atom. The van der Waals surface area contributed by atoms with Gasteiger partial charge in [-0.05, 0) is 49.4 Å². The van der Waals surface area contributed by atoms with Crippen LogP contribution in [0.3, 0.4) is 0 Å². The van der Waals surface area contributed by atoms with Crippen LogP contribution in [0, 0.1) is 18.6 Å². The number of aryl methyl sites for hydroxylation is 1. The Morgan fingerprint density at radius 3 is 2.43 bits per heavy atom. The number of carbonyl (C=O) groups excluding carboxylic acids is 1. The molecule has 150 valence electrons. The van der Waals surface area contributed by atoms with E-state index in [2.05, 4.69) is 10.4 Å². The van der Waals surface area contributed by atoms with Gasteiger partial charge in [0, 0.05) is 29.8 Å². The molecule has 6 nitrogen and oxygen atoms in total. The lowest BCUT2D eigenvalue weighted by Crippen LogP contribution is -2.27. The summed E-state index contributed by atoms with van der Waals surface area (Å²) in [4.78, 5) is 25.1. The second-order valence-corrected chi connectivity index (χ2v) is 6.57.